The van der Waals surface area contributed by atoms with Crippen molar-refractivity contribution >= 4 is 22.6 Å². The SMILES string of the molecule is CC(Oc1ccc2ccccc2c1)C(=O)NNC(=O)c1cccc(F)c1. The molecule has 2 amide bonds. The van der Waals surface area contributed by atoms with Gasteiger partial charge in [-0.15, -0.1) is 0 Å². The van der Waals surface area contributed by atoms with Crippen molar-refractivity contribution in [1.82, 2.24) is 10.9 Å². The molecule has 0 radical (unpaired) electrons. The number of ether oxygens (including phenoxy) is 1. The largest absolute Gasteiger partial charge is 0.481 e. The third kappa shape index (κ3) is 4.16. The second-order valence-corrected chi connectivity index (χ2v) is 5.72. The number of halogens is 1. The van der Waals surface area contributed by atoms with E-state index in [1.54, 1.807) is 13.0 Å². The topological polar surface area (TPSA) is 67.4 Å². The molecule has 0 aliphatic heterocycles. The molecule has 1 atom stereocenters. The maximum absolute atomic E-state index is 13.1. The van der Waals surface area contributed by atoms with Crippen LogP contribution < -0.4 is 15.6 Å². The molecule has 0 bridgehead atoms. The molecule has 3 rings (SSSR count). The van der Waals surface area contributed by atoms with Gasteiger partial charge in [0.2, 0.25) is 0 Å². The fourth-order valence-corrected chi connectivity index (χ4v) is 2.42. The lowest BCUT2D eigenvalue weighted by atomic mass is 10.1. The standard InChI is InChI=1S/C20H17FN2O3/c1-13(26-18-10-9-14-5-2-3-6-15(14)12-18)19(24)22-23-20(25)16-7-4-8-17(21)11-16/h2-13H,1H3,(H,22,24)(H,23,25). The summed E-state index contributed by atoms with van der Waals surface area (Å²) in [5.41, 5.74) is 4.61. The molecule has 0 aliphatic carbocycles. The van der Waals surface area contributed by atoms with Crippen molar-refractivity contribution in [2.75, 3.05) is 0 Å². The van der Waals surface area contributed by atoms with Crippen LogP contribution in [0.2, 0.25) is 0 Å². The molecule has 0 aliphatic rings. The summed E-state index contributed by atoms with van der Waals surface area (Å²) in [6.45, 7) is 1.57. The van der Waals surface area contributed by atoms with Gasteiger partial charge in [0.25, 0.3) is 11.8 Å². The molecule has 2 N–H and O–H groups in total. The molecular formula is C20H17FN2O3. The van der Waals surface area contributed by atoms with Crippen LogP contribution in [0.15, 0.2) is 66.7 Å². The molecule has 0 spiro atoms. The highest BCUT2D eigenvalue weighted by atomic mass is 19.1. The molecule has 3 aromatic rings. The van der Waals surface area contributed by atoms with Gasteiger partial charge in [0.15, 0.2) is 6.10 Å². The molecule has 0 aromatic heterocycles. The van der Waals surface area contributed by atoms with Crippen LogP contribution in [0.3, 0.4) is 0 Å². The number of carbonyl (C=O) groups excluding carboxylic acids is 2. The van der Waals surface area contributed by atoms with Crippen LogP contribution in [0.4, 0.5) is 4.39 Å². The third-order valence-corrected chi connectivity index (χ3v) is 3.79. The van der Waals surface area contributed by atoms with E-state index in [0.717, 1.165) is 16.8 Å². The molecular weight excluding hydrogens is 335 g/mol. The van der Waals surface area contributed by atoms with Crippen molar-refractivity contribution in [3.8, 4) is 5.75 Å². The lowest BCUT2D eigenvalue weighted by Gasteiger charge is -2.15. The van der Waals surface area contributed by atoms with Gasteiger partial charge in [-0.05, 0) is 48.0 Å². The lowest BCUT2D eigenvalue weighted by molar-refractivity contribution is -0.128. The monoisotopic (exact) mass is 352 g/mol. The number of amides is 2. The zero-order chi connectivity index (χ0) is 18.5. The number of rotatable bonds is 4. The minimum atomic E-state index is -0.830. The van der Waals surface area contributed by atoms with Crippen LogP contribution in [0.5, 0.6) is 5.75 Å². The van der Waals surface area contributed by atoms with E-state index in [9.17, 15) is 14.0 Å². The molecule has 0 heterocycles. The Hall–Kier alpha value is -3.41. The Morgan fingerprint density at radius 2 is 1.69 bits per heavy atom. The van der Waals surface area contributed by atoms with E-state index < -0.39 is 23.7 Å². The molecule has 6 heteroatoms. The van der Waals surface area contributed by atoms with Crippen molar-refractivity contribution in [2.24, 2.45) is 0 Å². The molecule has 1 unspecified atom stereocenters. The summed E-state index contributed by atoms with van der Waals surface area (Å²) in [6.07, 6.45) is -0.830. The smallest absolute Gasteiger partial charge is 0.279 e. The van der Waals surface area contributed by atoms with Crippen molar-refractivity contribution in [2.45, 2.75) is 13.0 Å². The van der Waals surface area contributed by atoms with E-state index in [1.807, 2.05) is 36.4 Å². The van der Waals surface area contributed by atoms with Gasteiger partial charge in [0.1, 0.15) is 11.6 Å². The van der Waals surface area contributed by atoms with Gasteiger partial charge in [0, 0.05) is 5.56 Å². The van der Waals surface area contributed by atoms with Gasteiger partial charge in [0.05, 0.1) is 0 Å². The van der Waals surface area contributed by atoms with Crippen LogP contribution in [0.1, 0.15) is 17.3 Å². The fourth-order valence-electron chi connectivity index (χ4n) is 2.42. The third-order valence-electron chi connectivity index (χ3n) is 3.79. The van der Waals surface area contributed by atoms with Crippen LogP contribution in [-0.2, 0) is 4.79 Å². The Bertz CT molecular complexity index is 958. The number of carbonyl (C=O) groups is 2. The molecule has 0 saturated heterocycles. The maximum Gasteiger partial charge on any atom is 0.279 e. The number of hydrogen-bond donors (Lipinski definition) is 2. The summed E-state index contributed by atoms with van der Waals surface area (Å²) < 4.78 is 18.7. The highest BCUT2D eigenvalue weighted by Crippen LogP contribution is 2.21. The summed E-state index contributed by atoms with van der Waals surface area (Å²) in [5, 5.41) is 2.07. The quantitative estimate of drug-likeness (QED) is 0.709. The van der Waals surface area contributed by atoms with Crippen molar-refractivity contribution < 1.29 is 18.7 Å². The lowest BCUT2D eigenvalue weighted by Crippen LogP contribution is -2.47. The van der Waals surface area contributed by atoms with Gasteiger partial charge < -0.3 is 4.74 Å². The van der Waals surface area contributed by atoms with E-state index in [-0.39, 0.29) is 5.56 Å². The molecule has 3 aromatic carbocycles. The normalized spacial score (nSPS) is 11.6. The van der Waals surface area contributed by atoms with E-state index in [1.165, 1.54) is 18.2 Å². The second-order valence-electron chi connectivity index (χ2n) is 5.72. The summed E-state index contributed by atoms with van der Waals surface area (Å²) in [5.74, 6) is -1.13. The van der Waals surface area contributed by atoms with E-state index in [2.05, 4.69) is 10.9 Å². The average molecular weight is 352 g/mol. The van der Waals surface area contributed by atoms with Crippen molar-refractivity contribution in [3.63, 3.8) is 0 Å². The van der Waals surface area contributed by atoms with E-state index in [0.29, 0.717) is 5.75 Å². The number of hydrogen-bond acceptors (Lipinski definition) is 3. The van der Waals surface area contributed by atoms with Gasteiger partial charge in [-0.1, -0.05) is 36.4 Å². The first-order valence-corrected chi connectivity index (χ1v) is 8.04. The number of hydrazine groups is 1. The summed E-state index contributed by atoms with van der Waals surface area (Å²) >= 11 is 0. The van der Waals surface area contributed by atoms with Gasteiger partial charge in [-0.25, -0.2) is 4.39 Å². The Kier molecular flexibility index (Phi) is 5.12. The Morgan fingerprint density at radius 1 is 0.923 bits per heavy atom. The maximum atomic E-state index is 13.1. The molecule has 132 valence electrons. The Labute approximate surface area is 149 Å². The van der Waals surface area contributed by atoms with Gasteiger partial charge in [-0.2, -0.15) is 0 Å². The summed E-state index contributed by atoms with van der Waals surface area (Å²) in [4.78, 5) is 24.0. The van der Waals surface area contributed by atoms with Crippen molar-refractivity contribution in [1.29, 1.82) is 0 Å². The molecule has 0 fully saturated rings. The van der Waals surface area contributed by atoms with Crippen LogP contribution in [-0.4, -0.2) is 17.9 Å². The Morgan fingerprint density at radius 3 is 2.46 bits per heavy atom. The highest BCUT2D eigenvalue weighted by Gasteiger charge is 2.16. The summed E-state index contributed by atoms with van der Waals surface area (Å²) in [7, 11) is 0. The van der Waals surface area contributed by atoms with Gasteiger partial charge in [-0.3, -0.25) is 20.4 Å². The van der Waals surface area contributed by atoms with Crippen LogP contribution in [0, 0.1) is 5.82 Å². The van der Waals surface area contributed by atoms with E-state index >= 15 is 0 Å². The highest BCUT2D eigenvalue weighted by molar-refractivity contribution is 5.95. The van der Waals surface area contributed by atoms with Crippen LogP contribution >= 0.6 is 0 Å². The van der Waals surface area contributed by atoms with Gasteiger partial charge >= 0.3 is 0 Å². The summed E-state index contributed by atoms with van der Waals surface area (Å²) in [6, 6.07) is 18.5. The average Bonchev–Trinajstić information content (AvgIpc) is 2.65. The zero-order valence-corrected chi connectivity index (χ0v) is 14.0. The zero-order valence-electron chi connectivity index (χ0n) is 14.0. The predicted octanol–water partition coefficient (Wildman–Crippen LogP) is 3.21. The predicted molar refractivity (Wildman–Crippen MR) is 96.0 cm³/mol. The number of fused-ring (bicyclic) bond motifs is 1. The first-order valence-electron chi connectivity index (χ1n) is 8.04. The first-order chi connectivity index (χ1) is 12.5. The fraction of sp³-hybridized carbons (Fsp3) is 0.100. The minimum absolute atomic E-state index is 0.105. The Balaban J connectivity index is 1.57. The number of nitrogens with one attached hydrogen (secondary N) is 2. The van der Waals surface area contributed by atoms with E-state index in [4.69, 9.17) is 4.74 Å². The van der Waals surface area contributed by atoms with Crippen LogP contribution in [0.25, 0.3) is 10.8 Å². The number of benzene rings is 3. The van der Waals surface area contributed by atoms with Crippen molar-refractivity contribution in [3.05, 3.63) is 78.1 Å². The minimum Gasteiger partial charge on any atom is -0.481 e. The molecule has 26 heavy (non-hydrogen) atoms. The molecule has 5 nitrogen and oxygen atoms in total. The second kappa shape index (κ2) is 7.65. The first kappa shape index (κ1) is 17.4. The molecule has 0 saturated carbocycles.